The highest BCUT2D eigenvalue weighted by Gasteiger charge is 2.43. The van der Waals surface area contributed by atoms with Crippen LogP contribution in [0.5, 0.6) is 5.75 Å². The van der Waals surface area contributed by atoms with E-state index in [2.05, 4.69) is 28.0 Å². The molecule has 0 N–H and O–H groups in total. The van der Waals surface area contributed by atoms with Gasteiger partial charge in [0.15, 0.2) is 5.78 Å². The lowest BCUT2D eigenvalue weighted by Gasteiger charge is -2.26. The van der Waals surface area contributed by atoms with Crippen LogP contribution in [0.1, 0.15) is 44.1 Å². The average molecular weight is 549 g/mol. The number of hydrogen-bond acceptors (Lipinski definition) is 8. The standard InChI is InChI=1S/C31H40N4O3S/c1-37-25-10-11-26-28(18-25)39-31(22-6-8-24(9-7-22)38-17-16-34-12-2-3-13-34)29(26)30(36)27-20-32-23(19-33-27)21-35-14-4-5-15-35/h6-10,19,26-28H,2-5,11-18,20-21H2,1H3. The van der Waals surface area contributed by atoms with Crippen molar-refractivity contribution in [2.75, 3.05) is 59.5 Å². The fourth-order valence-corrected chi connectivity index (χ4v) is 8.00. The van der Waals surface area contributed by atoms with Crippen LogP contribution in [0.4, 0.5) is 0 Å². The van der Waals surface area contributed by atoms with E-state index in [4.69, 9.17) is 19.5 Å². The Morgan fingerprint density at radius 1 is 1.05 bits per heavy atom. The molecular formula is C31H40N4O3S. The smallest absolute Gasteiger partial charge is 0.186 e. The molecule has 39 heavy (non-hydrogen) atoms. The zero-order valence-corrected chi connectivity index (χ0v) is 23.8. The number of thioether (sulfide) groups is 1. The maximum atomic E-state index is 14.0. The van der Waals surface area contributed by atoms with E-state index in [0.717, 1.165) is 72.3 Å². The fraction of sp³-hybridized carbons (Fsp3) is 0.581. The van der Waals surface area contributed by atoms with E-state index < -0.39 is 6.04 Å². The molecule has 3 atom stereocenters. The van der Waals surface area contributed by atoms with E-state index in [-0.39, 0.29) is 11.7 Å². The number of rotatable bonds is 10. The van der Waals surface area contributed by atoms with Crippen LogP contribution in [0.25, 0.3) is 4.91 Å². The van der Waals surface area contributed by atoms with Gasteiger partial charge in [0.25, 0.3) is 0 Å². The minimum absolute atomic E-state index is 0.130. The summed E-state index contributed by atoms with van der Waals surface area (Å²) in [5, 5.41) is 0.303. The van der Waals surface area contributed by atoms with Crippen molar-refractivity contribution in [2.24, 2.45) is 15.9 Å². The lowest BCUT2D eigenvalue weighted by Crippen LogP contribution is -2.35. The van der Waals surface area contributed by atoms with Crippen molar-refractivity contribution in [3.63, 3.8) is 0 Å². The molecule has 0 spiro atoms. The Hall–Kier alpha value is -2.42. The van der Waals surface area contributed by atoms with Crippen molar-refractivity contribution in [1.82, 2.24) is 9.80 Å². The third-order valence-electron chi connectivity index (χ3n) is 8.61. The number of Topliss-reactive ketones (excluding diaryl/α,β-unsaturated/α-hetero) is 1. The number of ether oxygens (including phenoxy) is 2. The Bertz CT molecular complexity index is 1160. The summed E-state index contributed by atoms with van der Waals surface area (Å²) < 4.78 is 11.6. The summed E-state index contributed by atoms with van der Waals surface area (Å²) in [6.45, 7) is 7.59. The van der Waals surface area contributed by atoms with E-state index in [1.165, 1.54) is 38.8 Å². The number of allylic oxidation sites excluding steroid dienone is 2. The Balaban J connectivity index is 1.17. The lowest BCUT2D eigenvalue weighted by atomic mass is 9.82. The first-order valence-corrected chi connectivity index (χ1v) is 15.5. The minimum Gasteiger partial charge on any atom is -0.501 e. The monoisotopic (exact) mass is 548 g/mol. The number of methoxy groups -OCH3 is 1. The van der Waals surface area contributed by atoms with Crippen molar-refractivity contribution in [1.29, 1.82) is 0 Å². The molecule has 208 valence electrons. The molecule has 3 unspecified atom stereocenters. The molecule has 0 amide bonds. The molecular weight excluding hydrogens is 508 g/mol. The van der Waals surface area contributed by atoms with Crippen molar-refractivity contribution >= 4 is 34.4 Å². The lowest BCUT2D eigenvalue weighted by molar-refractivity contribution is -0.116. The molecule has 6 rings (SSSR count). The molecule has 2 saturated heterocycles. The Morgan fingerprint density at radius 3 is 2.49 bits per heavy atom. The second-order valence-electron chi connectivity index (χ2n) is 11.2. The van der Waals surface area contributed by atoms with Gasteiger partial charge in [0.1, 0.15) is 18.4 Å². The van der Waals surface area contributed by atoms with Crippen LogP contribution in [0.2, 0.25) is 0 Å². The number of hydrogen-bond donors (Lipinski definition) is 0. The third kappa shape index (κ3) is 6.18. The van der Waals surface area contributed by atoms with Crippen LogP contribution in [-0.4, -0.2) is 98.3 Å². The van der Waals surface area contributed by atoms with Gasteiger partial charge in [-0.15, -0.1) is 11.8 Å². The zero-order chi connectivity index (χ0) is 26.6. The summed E-state index contributed by atoms with van der Waals surface area (Å²) in [6, 6.07) is 7.88. The molecule has 5 aliphatic rings. The third-order valence-corrected chi connectivity index (χ3v) is 10.1. The second-order valence-corrected chi connectivity index (χ2v) is 12.5. The van der Waals surface area contributed by atoms with Crippen LogP contribution in [0.3, 0.4) is 0 Å². The zero-order valence-electron chi connectivity index (χ0n) is 23.0. The van der Waals surface area contributed by atoms with Crippen LogP contribution < -0.4 is 4.74 Å². The number of fused-ring (bicyclic) bond motifs is 1. The van der Waals surface area contributed by atoms with Crippen molar-refractivity contribution in [3.05, 3.63) is 47.2 Å². The number of carbonyl (C=O) groups is 1. The molecule has 8 heteroatoms. The van der Waals surface area contributed by atoms with Crippen molar-refractivity contribution in [3.8, 4) is 5.75 Å². The summed E-state index contributed by atoms with van der Waals surface area (Å²) in [5.74, 6) is 2.21. The topological polar surface area (TPSA) is 66.7 Å². The second kappa shape index (κ2) is 12.4. The Kier molecular flexibility index (Phi) is 8.51. The van der Waals surface area contributed by atoms with E-state index >= 15 is 0 Å². The molecule has 7 nitrogen and oxygen atoms in total. The first-order chi connectivity index (χ1) is 19.2. The summed E-state index contributed by atoms with van der Waals surface area (Å²) in [5.41, 5.74) is 3.01. The van der Waals surface area contributed by atoms with Gasteiger partial charge in [0.05, 0.1) is 25.1 Å². The van der Waals surface area contributed by atoms with Gasteiger partial charge < -0.3 is 9.47 Å². The van der Waals surface area contributed by atoms with Crippen LogP contribution in [0.15, 0.2) is 51.7 Å². The van der Waals surface area contributed by atoms with E-state index in [1.807, 2.05) is 30.1 Å². The summed E-state index contributed by atoms with van der Waals surface area (Å²) in [6.07, 6.45) is 10.8. The Labute approximate surface area is 236 Å². The highest BCUT2D eigenvalue weighted by molar-refractivity contribution is 8.09. The molecule has 0 aromatic heterocycles. The van der Waals surface area contributed by atoms with Crippen LogP contribution in [-0.2, 0) is 9.53 Å². The maximum absolute atomic E-state index is 14.0. The molecule has 0 bridgehead atoms. The van der Waals surface area contributed by atoms with Crippen LogP contribution >= 0.6 is 11.8 Å². The van der Waals surface area contributed by atoms with Gasteiger partial charge >= 0.3 is 0 Å². The van der Waals surface area contributed by atoms with Gasteiger partial charge in [0, 0.05) is 47.4 Å². The number of likely N-dealkylation sites (tertiary alicyclic amines) is 2. The summed E-state index contributed by atoms with van der Waals surface area (Å²) in [7, 11) is 1.74. The van der Waals surface area contributed by atoms with Crippen molar-refractivity contribution < 1.29 is 14.3 Å². The first kappa shape index (κ1) is 26.8. The largest absolute Gasteiger partial charge is 0.501 e. The van der Waals surface area contributed by atoms with Gasteiger partial charge in [-0.1, -0.05) is 12.1 Å². The minimum atomic E-state index is -0.433. The van der Waals surface area contributed by atoms with Crippen LogP contribution in [0, 0.1) is 5.92 Å². The van der Waals surface area contributed by atoms with E-state index in [9.17, 15) is 4.79 Å². The first-order valence-electron chi connectivity index (χ1n) is 14.6. The molecule has 0 saturated carbocycles. The van der Waals surface area contributed by atoms with Gasteiger partial charge in [-0.05, 0) is 82.1 Å². The SMILES string of the molecule is COC1=CCC2C(C(=O)C3CN=C(CN4CCCC4)C=N3)=C(c3ccc(OCCN4CCCC4)cc3)SC2C1. The Morgan fingerprint density at radius 2 is 1.79 bits per heavy atom. The average Bonchev–Trinajstić information content (AvgIpc) is 3.75. The maximum Gasteiger partial charge on any atom is 0.186 e. The summed E-state index contributed by atoms with van der Waals surface area (Å²) in [4.78, 5) is 29.5. The predicted octanol–water partition coefficient (Wildman–Crippen LogP) is 4.49. The van der Waals surface area contributed by atoms with Gasteiger partial charge in [0.2, 0.25) is 0 Å². The molecule has 1 aliphatic carbocycles. The molecule has 4 heterocycles. The van der Waals surface area contributed by atoms with Crippen molar-refractivity contribution in [2.45, 2.75) is 49.8 Å². The predicted molar refractivity (Wildman–Crippen MR) is 159 cm³/mol. The summed E-state index contributed by atoms with van der Waals surface area (Å²) >= 11 is 1.83. The quantitative estimate of drug-likeness (QED) is 0.429. The number of benzene rings is 1. The van der Waals surface area contributed by atoms with Gasteiger partial charge in [-0.3, -0.25) is 24.6 Å². The molecule has 1 aromatic carbocycles. The normalized spacial score (nSPS) is 27.5. The van der Waals surface area contributed by atoms with Gasteiger partial charge in [-0.25, -0.2) is 0 Å². The number of aliphatic imine (C=N–C) groups is 2. The highest BCUT2D eigenvalue weighted by atomic mass is 32.2. The molecule has 1 aromatic rings. The van der Waals surface area contributed by atoms with E-state index in [1.54, 1.807) is 7.11 Å². The number of nitrogens with zero attached hydrogens (tertiary/aromatic N) is 4. The highest BCUT2D eigenvalue weighted by Crippen LogP contribution is 2.53. The number of carbonyl (C=O) groups excluding carboxylic acids is 1. The molecule has 4 aliphatic heterocycles. The molecule has 0 radical (unpaired) electrons. The van der Waals surface area contributed by atoms with Gasteiger partial charge in [-0.2, -0.15) is 0 Å². The number of ketones is 1. The molecule has 2 fully saturated rings. The fourth-order valence-electron chi connectivity index (χ4n) is 6.39. The van der Waals surface area contributed by atoms with E-state index in [0.29, 0.717) is 18.4 Å².